The Morgan fingerprint density at radius 1 is 1.37 bits per heavy atom. The van der Waals surface area contributed by atoms with Crippen LogP contribution in [0.4, 0.5) is 5.69 Å². The molecule has 1 aliphatic rings. The van der Waals surface area contributed by atoms with E-state index in [1.807, 2.05) is 5.51 Å². The molecule has 0 aliphatic heterocycles. The van der Waals surface area contributed by atoms with E-state index in [0.29, 0.717) is 11.5 Å². The Hall–Kier alpha value is -1.09. The number of hydrogen-bond acceptors (Lipinski definition) is 3. The third-order valence-corrected chi connectivity index (χ3v) is 5.17. The minimum absolute atomic E-state index is 0.513. The van der Waals surface area contributed by atoms with Gasteiger partial charge in [0.1, 0.15) is 0 Å². The molecule has 0 bridgehead atoms. The van der Waals surface area contributed by atoms with E-state index in [1.165, 1.54) is 29.6 Å². The van der Waals surface area contributed by atoms with Gasteiger partial charge < -0.3 is 5.32 Å². The van der Waals surface area contributed by atoms with E-state index in [-0.39, 0.29) is 0 Å². The van der Waals surface area contributed by atoms with Crippen LogP contribution in [0.1, 0.15) is 40.0 Å². The van der Waals surface area contributed by atoms with Crippen molar-refractivity contribution < 1.29 is 0 Å². The molecule has 2 unspecified atom stereocenters. The molecule has 19 heavy (non-hydrogen) atoms. The van der Waals surface area contributed by atoms with Gasteiger partial charge in [0.15, 0.2) is 0 Å². The average molecular weight is 274 g/mol. The summed E-state index contributed by atoms with van der Waals surface area (Å²) in [7, 11) is 0. The van der Waals surface area contributed by atoms with Crippen molar-refractivity contribution in [1.82, 2.24) is 4.98 Å². The first-order chi connectivity index (χ1) is 9.03. The molecule has 2 atom stereocenters. The number of rotatable bonds is 2. The van der Waals surface area contributed by atoms with Crippen molar-refractivity contribution in [2.24, 2.45) is 11.3 Å². The monoisotopic (exact) mass is 274 g/mol. The van der Waals surface area contributed by atoms with Crippen LogP contribution in [0.3, 0.4) is 0 Å². The molecule has 1 fully saturated rings. The van der Waals surface area contributed by atoms with Gasteiger partial charge in [-0.05, 0) is 48.8 Å². The number of fused-ring (bicyclic) bond motifs is 1. The van der Waals surface area contributed by atoms with Crippen molar-refractivity contribution in [3.63, 3.8) is 0 Å². The molecule has 2 nitrogen and oxygen atoms in total. The smallest absolute Gasteiger partial charge is 0.0813 e. The number of benzene rings is 1. The lowest BCUT2D eigenvalue weighted by Crippen LogP contribution is -2.36. The van der Waals surface area contributed by atoms with E-state index in [1.54, 1.807) is 11.3 Å². The molecule has 102 valence electrons. The van der Waals surface area contributed by atoms with Gasteiger partial charge in [0.25, 0.3) is 0 Å². The highest BCUT2D eigenvalue weighted by Crippen LogP contribution is 2.39. The van der Waals surface area contributed by atoms with Gasteiger partial charge in [-0.2, -0.15) is 0 Å². The highest BCUT2D eigenvalue weighted by molar-refractivity contribution is 7.16. The van der Waals surface area contributed by atoms with Crippen LogP contribution >= 0.6 is 11.3 Å². The topological polar surface area (TPSA) is 24.9 Å². The predicted molar refractivity (Wildman–Crippen MR) is 83.8 cm³/mol. The second-order valence-electron chi connectivity index (χ2n) is 6.67. The van der Waals surface area contributed by atoms with Gasteiger partial charge in [-0.3, -0.25) is 0 Å². The van der Waals surface area contributed by atoms with Crippen molar-refractivity contribution >= 4 is 27.2 Å². The average Bonchev–Trinajstić information content (AvgIpc) is 2.79. The third-order valence-electron chi connectivity index (χ3n) is 4.38. The Balaban J connectivity index is 1.74. The molecule has 1 aromatic carbocycles. The fourth-order valence-corrected chi connectivity index (χ4v) is 4.04. The molecule has 2 aromatic rings. The van der Waals surface area contributed by atoms with E-state index in [0.717, 1.165) is 11.4 Å². The van der Waals surface area contributed by atoms with Gasteiger partial charge >= 0.3 is 0 Å². The summed E-state index contributed by atoms with van der Waals surface area (Å²) in [4.78, 5) is 4.33. The zero-order valence-corrected chi connectivity index (χ0v) is 12.8. The summed E-state index contributed by atoms with van der Waals surface area (Å²) >= 11 is 1.71. The largest absolute Gasteiger partial charge is 0.382 e. The normalized spacial score (nSPS) is 26.5. The van der Waals surface area contributed by atoms with Gasteiger partial charge in [-0.25, -0.2) is 4.98 Å². The molecule has 3 rings (SSSR count). The molecular weight excluding hydrogens is 252 g/mol. The summed E-state index contributed by atoms with van der Waals surface area (Å²) in [5.74, 6) is 0.737. The standard InChI is InChI=1S/C16H22N2S/c1-11-9-16(2,3)7-6-13(11)18-12-4-5-14-15(8-12)19-10-17-14/h4-5,8,10-11,13,18H,6-7,9H2,1-3H3. The zero-order valence-electron chi connectivity index (χ0n) is 11.9. The summed E-state index contributed by atoms with van der Waals surface area (Å²) in [6.45, 7) is 7.16. The molecule has 0 radical (unpaired) electrons. The molecule has 1 saturated carbocycles. The lowest BCUT2D eigenvalue weighted by molar-refractivity contribution is 0.177. The van der Waals surface area contributed by atoms with E-state index in [9.17, 15) is 0 Å². The molecular formula is C16H22N2S. The second-order valence-corrected chi connectivity index (χ2v) is 7.56. The summed E-state index contributed by atoms with van der Waals surface area (Å²) in [6.07, 6.45) is 3.90. The molecule has 1 N–H and O–H groups in total. The Morgan fingerprint density at radius 3 is 3.00 bits per heavy atom. The SMILES string of the molecule is CC1CC(C)(C)CCC1Nc1ccc2ncsc2c1. The minimum atomic E-state index is 0.513. The maximum atomic E-state index is 4.33. The van der Waals surface area contributed by atoms with Crippen LogP contribution in [0, 0.1) is 11.3 Å². The van der Waals surface area contributed by atoms with Crippen LogP contribution in [0.2, 0.25) is 0 Å². The zero-order chi connectivity index (χ0) is 13.5. The van der Waals surface area contributed by atoms with Crippen LogP contribution in [-0.2, 0) is 0 Å². The van der Waals surface area contributed by atoms with Crippen molar-refractivity contribution in [2.75, 3.05) is 5.32 Å². The maximum absolute atomic E-state index is 4.33. The fourth-order valence-electron chi connectivity index (χ4n) is 3.32. The Kier molecular flexibility index (Phi) is 3.25. The molecule has 0 amide bonds. The number of thiazole rings is 1. The van der Waals surface area contributed by atoms with Crippen LogP contribution in [-0.4, -0.2) is 11.0 Å². The van der Waals surface area contributed by atoms with E-state index in [4.69, 9.17) is 0 Å². The van der Waals surface area contributed by atoms with Gasteiger partial charge in [0.2, 0.25) is 0 Å². The van der Waals surface area contributed by atoms with Gasteiger partial charge in [0.05, 0.1) is 15.7 Å². The number of anilines is 1. The van der Waals surface area contributed by atoms with Gasteiger partial charge in [0, 0.05) is 11.7 Å². The number of aromatic nitrogens is 1. The molecule has 1 heterocycles. The third kappa shape index (κ3) is 2.76. The summed E-state index contributed by atoms with van der Waals surface area (Å²) in [5, 5.41) is 3.73. The molecule has 0 spiro atoms. The quantitative estimate of drug-likeness (QED) is 0.840. The Morgan fingerprint density at radius 2 is 2.21 bits per heavy atom. The minimum Gasteiger partial charge on any atom is -0.382 e. The van der Waals surface area contributed by atoms with E-state index >= 15 is 0 Å². The van der Waals surface area contributed by atoms with Crippen LogP contribution in [0.5, 0.6) is 0 Å². The fraction of sp³-hybridized carbons (Fsp3) is 0.562. The summed E-state index contributed by atoms with van der Waals surface area (Å²) in [6, 6.07) is 7.12. The first-order valence-electron chi connectivity index (χ1n) is 7.13. The molecule has 1 aliphatic carbocycles. The lowest BCUT2D eigenvalue weighted by atomic mass is 9.70. The summed E-state index contributed by atoms with van der Waals surface area (Å²) in [5.41, 5.74) is 4.78. The van der Waals surface area contributed by atoms with Gasteiger partial charge in [-0.15, -0.1) is 11.3 Å². The maximum Gasteiger partial charge on any atom is 0.0813 e. The Bertz CT molecular complexity index is 573. The first kappa shape index (κ1) is 12.9. The van der Waals surface area contributed by atoms with Crippen molar-refractivity contribution in [3.05, 3.63) is 23.7 Å². The molecule has 1 aromatic heterocycles. The van der Waals surface area contributed by atoms with Crippen LogP contribution in [0.15, 0.2) is 23.7 Å². The first-order valence-corrected chi connectivity index (χ1v) is 8.01. The number of hydrogen-bond donors (Lipinski definition) is 1. The lowest BCUT2D eigenvalue weighted by Gasteiger charge is -2.40. The van der Waals surface area contributed by atoms with Gasteiger partial charge in [-0.1, -0.05) is 20.8 Å². The number of nitrogens with zero attached hydrogens (tertiary/aromatic N) is 1. The number of nitrogens with one attached hydrogen (secondary N) is 1. The van der Waals surface area contributed by atoms with Crippen molar-refractivity contribution in [1.29, 1.82) is 0 Å². The second kappa shape index (κ2) is 4.78. The highest BCUT2D eigenvalue weighted by Gasteiger charge is 2.32. The van der Waals surface area contributed by atoms with Crippen molar-refractivity contribution in [2.45, 2.75) is 46.1 Å². The van der Waals surface area contributed by atoms with Crippen molar-refractivity contribution in [3.8, 4) is 0 Å². The summed E-state index contributed by atoms with van der Waals surface area (Å²) < 4.78 is 1.27. The van der Waals surface area contributed by atoms with Crippen LogP contribution in [0.25, 0.3) is 10.2 Å². The highest BCUT2D eigenvalue weighted by atomic mass is 32.1. The van der Waals surface area contributed by atoms with E-state index in [2.05, 4.69) is 49.3 Å². The predicted octanol–water partition coefficient (Wildman–Crippen LogP) is 4.92. The molecule has 3 heteroatoms. The molecule has 0 saturated heterocycles. The van der Waals surface area contributed by atoms with Crippen LogP contribution < -0.4 is 5.32 Å². The van der Waals surface area contributed by atoms with E-state index < -0.39 is 0 Å². The Labute approximate surface area is 119 Å².